The first-order valence-corrected chi connectivity index (χ1v) is 6.85. The third-order valence-electron chi connectivity index (χ3n) is 3.53. The molecule has 0 unspecified atom stereocenters. The minimum Gasteiger partial charge on any atom is -0.306 e. The summed E-state index contributed by atoms with van der Waals surface area (Å²) >= 11 is 0. The summed E-state index contributed by atoms with van der Waals surface area (Å²) in [6.45, 7) is 1.99. The van der Waals surface area contributed by atoms with Crippen LogP contribution in [0.25, 0.3) is 22.6 Å². The summed E-state index contributed by atoms with van der Waals surface area (Å²) in [5.74, 6) is 0. The highest BCUT2D eigenvalue weighted by atomic mass is 15.0. The second-order valence-electron chi connectivity index (χ2n) is 5.03. The lowest BCUT2D eigenvalue weighted by Gasteiger charge is -2.07. The van der Waals surface area contributed by atoms with Gasteiger partial charge in [-0.15, -0.1) is 0 Å². The second-order valence-corrected chi connectivity index (χ2v) is 5.03. The molecule has 0 saturated heterocycles. The van der Waals surface area contributed by atoms with Crippen LogP contribution in [-0.4, -0.2) is 18.9 Å². The van der Waals surface area contributed by atoms with E-state index in [9.17, 15) is 0 Å². The average molecular weight is 274 g/mol. The minimum atomic E-state index is 0.948. The molecule has 4 rings (SSSR count). The summed E-state index contributed by atoms with van der Waals surface area (Å²) in [7, 11) is 0. The number of rotatable bonds is 2. The fourth-order valence-corrected chi connectivity index (χ4v) is 2.53. The van der Waals surface area contributed by atoms with Crippen LogP contribution in [0.2, 0.25) is 0 Å². The third kappa shape index (κ3) is 2.01. The number of aryl methyl sites for hydroxylation is 1. The number of nitrogens with zero attached hydrogens (tertiary/aromatic N) is 4. The maximum absolute atomic E-state index is 4.71. The van der Waals surface area contributed by atoms with Crippen LogP contribution in [0, 0.1) is 6.92 Å². The zero-order valence-electron chi connectivity index (χ0n) is 11.6. The van der Waals surface area contributed by atoms with Crippen molar-refractivity contribution in [3.8, 4) is 16.9 Å². The number of imidazole rings is 2. The van der Waals surface area contributed by atoms with E-state index >= 15 is 0 Å². The van der Waals surface area contributed by atoms with Gasteiger partial charge in [-0.1, -0.05) is 24.3 Å². The number of hydrogen-bond acceptors (Lipinski definition) is 2. The van der Waals surface area contributed by atoms with Crippen LogP contribution < -0.4 is 0 Å². The maximum Gasteiger partial charge on any atom is 0.137 e. The lowest BCUT2D eigenvalue weighted by molar-refractivity contribution is 1.06. The summed E-state index contributed by atoms with van der Waals surface area (Å²) in [5.41, 5.74) is 5.09. The third-order valence-corrected chi connectivity index (χ3v) is 3.53. The molecule has 0 amide bonds. The van der Waals surface area contributed by atoms with E-state index in [4.69, 9.17) is 4.98 Å². The highest BCUT2D eigenvalue weighted by molar-refractivity contribution is 5.71. The zero-order chi connectivity index (χ0) is 14.2. The van der Waals surface area contributed by atoms with Crippen LogP contribution in [0.15, 0.2) is 67.4 Å². The summed E-state index contributed by atoms with van der Waals surface area (Å²) in [5, 5.41) is 0. The lowest BCUT2D eigenvalue weighted by Crippen LogP contribution is -1.93. The molecule has 4 aromatic rings. The number of para-hydroxylation sites is 1. The van der Waals surface area contributed by atoms with Crippen molar-refractivity contribution in [1.29, 1.82) is 0 Å². The molecule has 3 heterocycles. The Morgan fingerprint density at radius 2 is 1.81 bits per heavy atom. The Kier molecular flexibility index (Phi) is 2.60. The molecule has 0 fully saturated rings. The second kappa shape index (κ2) is 4.59. The number of pyridine rings is 1. The van der Waals surface area contributed by atoms with Gasteiger partial charge < -0.3 is 8.97 Å². The van der Waals surface area contributed by atoms with Crippen molar-refractivity contribution in [2.75, 3.05) is 0 Å². The van der Waals surface area contributed by atoms with E-state index < -0.39 is 0 Å². The van der Waals surface area contributed by atoms with E-state index in [0.717, 1.165) is 28.3 Å². The summed E-state index contributed by atoms with van der Waals surface area (Å²) in [6, 6.07) is 14.2. The molecule has 0 spiro atoms. The van der Waals surface area contributed by atoms with Gasteiger partial charge in [0.05, 0.1) is 23.4 Å². The van der Waals surface area contributed by atoms with E-state index in [1.807, 2.05) is 64.9 Å². The van der Waals surface area contributed by atoms with Gasteiger partial charge in [-0.25, -0.2) is 9.97 Å². The molecule has 0 saturated carbocycles. The molecule has 1 aromatic carbocycles. The standard InChI is InChI=1S/C17H14N4/c1-13-10-21(12-18-13)16-7-3-2-6-14(16)15-11-20-9-5-4-8-17(20)19-15/h2-12H,1H3. The van der Waals surface area contributed by atoms with Gasteiger partial charge in [0, 0.05) is 24.2 Å². The molecule has 102 valence electrons. The lowest BCUT2D eigenvalue weighted by atomic mass is 10.1. The molecule has 3 aromatic heterocycles. The van der Waals surface area contributed by atoms with Crippen LogP contribution in [0.4, 0.5) is 0 Å². The Balaban J connectivity index is 1.92. The van der Waals surface area contributed by atoms with E-state index in [2.05, 4.69) is 23.3 Å². The monoisotopic (exact) mass is 274 g/mol. The number of hydrogen-bond donors (Lipinski definition) is 0. The van der Waals surface area contributed by atoms with Gasteiger partial charge in [-0.05, 0) is 25.1 Å². The molecular weight excluding hydrogens is 260 g/mol. The van der Waals surface area contributed by atoms with Crippen LogP contribution in [0.1, 0.15) is 5.69 Å². The summed E-state index contributed by atoms with van der Waals surface area (Å²) in [6.07, 6.45) is 7.92. The first kappa shape index (κ1) is 11.9. The zero-order valence-corrected chi connectivity index (χ0v) is 11.6. The Morgan fingerprint density at radius 3 is 2.62 bits per heavy atom. The van der Waals surface area contributed by atoms with Gasteiger partial charge in [-0.2, -0.15) is 0 Å². The van der Waals surface area contributed by atoms with Crippen LogP contribution in [0.3, 0.4) is 0 Å². The molecule has 0 N–H and O–H groups in total. The van der Waals surface area contributed by atoms with Gasteiger partial charge in [0.2, 0.25) is 0 Å². The quantitative estimate of drug-likeness (QED) is 0.561. The fourth-order valence-electron chi connectivity index (χ4n) is 2.53. The molecule has 0 atom stereocenters. The molecule has 21 heavy (non-hydrogen) atoms. The molecular formula is C17H14N4. The van der Waals surface area contributed by atoms with Gasteiger partial charge >= 0.3 is 0 Å². The molecule has 0 aliphatic rings. The first-order chi connectivity index (χ1) is 10.3. The maximum atomic E-state index is 4.71. The van der Waals surface area contributed by atoms with Crippen molar-refractivity contribution in [2.24, 2.45) is 0 Å². The Morgan fingerprint density at radius 1 is 0.952 bits per heavy atom. The number of aromatic nitrogens is 4. The van der Waals surface area contributed by atoms with Gasteiger partial charge in [0.15, 0.2) is 0 Å². The van der Waals surface area contributed by atoms with Crippen molar-refractivity contribution in [2.45, 2.75) is 6.92 Å². The highest BCUT2D eigenvalue weighted by Gasteiger charge is 2.10. The smallest absolute Gasteiger partial charge is 0.137 e. The largest absolute Gasteiger partial charge is 0.306 e. The summed E-state index contributed by atoms with van der Waals surface area (Å²) in [4.78, 5) is 9.01. The highest BCUT2D eigenvalue weighted by Crippen LogP contribution is 2.26. The Hall–Kier alpha value is -2.88. The fraction of sp³-hybridized carbons (Fsp3) is 0.0588. The predicted molar refractivity (Wildman–Crippen MR) is 82.5 cm³/mol. The van der Waals surface area contributed by atoms with Crippen LogP contribution >= 0.6 is 0 Å². The molecule has 0 aliphatic heterocycles. The van der Waals surface area contributed by atoms with Crippen molar-refractivity contribution >= 4 is 5.65 Å². The van der Waals surface area contributed by atoms with Gasteiger partial charge in [-0.3, -0.25) is 0 Å². The van der Waals surface area contributed by atoms with E-state index in [-0.39, 0.29) is 0 Å². The Bertz CT molecular complexity index is 884. The van der Waals surface area contributed by atoms with Crippen molar-refractivity contribution in [3.05, 3.63) is 73.1 Å². The van der Waals surface area contributed by atoms with E-state index in [0.29, 0.717) is 0 Å². The normalized spacial score (nSPS) is 11.1. The van der Waals surface area contributed by atoms with E-state index in [1.54, 1.807) is 0 Å². The average Bonchev–Trinajstić information content (AvgIpc) is 3.13. The van der Waals surface area contributed by atoms with E-state index in [1.165, 1.54) is 0 Å². The number of fused-ring (bicyclic) bond motifs is 1. The van der Waals surface area contributed by atoms with Gasteiger partial charge in [0.25, 0.3) is 0 Å². The van der Waals surface area contributed by atoms with Crippen molar-refractivity contribution in [1.82, 2.24) is 18.9 Å². The molecule has 0 bridgehead atoms. The number of benzene rings is 1. The minimum absolute atomic E-state index is 0.948. The van der Waals surface area contributed by atoms with Crippen molar-refractivity contribution < 1.29 is 0 Å². The molecule has 4 heteroatoms. The summed E-state index contributed by atoms with van der Waals surface area (Å²) < 4.78 is 4.07. The van der Waals surface area contributed by atoms with Crippen molar-refractivity contribution in [3.63, 3.8) is 0 Å². The van der Waals surface area contributed by atoms with Crippen LogP contribution in [-0.2, 0) is 0 Å². The molecule has 0 radical (unpaired) electrons. The van der Waals surface area contributed by atoms with Gasteiger partial charge in [0.1, 0.15) is 5.65 Å². The predicted octanol–water partition coefficient (Wildman–Crippen LogP) is 3.50. The molecule has 4 nitrogen and oxygen atoms in total. The SMILES string of the molecule is Cc1cn(-c2ccccc2-c2cn3ccccc3n2)cn1. The molecule has 0 aliphatic carbocycles. The first-order valence-electron chi connectivity index (χ1n) is 6.85. The van der Waals surface area contributed by atoms with Crippen LogP contribution in [0.5, 0.6) is 0 Å². The Labute approximate surface area is 122 Å². The topological polar surface area (TPSA) is 35.1 Å².